The third kappa shape index (κ3) is 5.27. The van der Waals surface area contributed by atoms with Crippen molar-refractivity contribution < 1.29 is 24.5 Å². The lowest BCUT2D eigenvalue weighted by molar-refractivity contribution is -0.120. The molecule has 174 valence electrons. The summed E-state index contributed by atoms with van der Waals surface area (Å²) in [6.07, 6.45) is 3.24. The fraction of sp³-hybridized carbons (Fsp3) is 0.333. The number of imide groups is 1. The van der Waals surface area contributed by atoms with Gasteiger partial charge in [-0.25, -0.2) is 14.7 Å². The predicted molar refractivity (Wildman–Crippen MR) is 122 cm³/mol. The lowest BCUT2D eigenvalue weighted by Gasteiger charge is -2.35. The summed E-state index contributed by atoms with van der Waals surface area (Å²) in [4.78, 5) is 26.5. The second-order valence-electron chi connectivity index (χ2n) is 8.13. The van der Waals surface area contributed by atoms with Gasteiger partial charge in [-0.3, -0.25) is 4.79 Å². The van der Waals surface area contributed by atoms with Crippen LogP contribution in [-0.4, -0.2) is 47.0 Å². The van der Waals surface area contributed by atoms with Gasteiger partial charge in [0.1, 0.15) is 23.8 Å². The summed E-state index contributed by atoms with van der Waals surface area (Å²) in [7, 11) is 1.75. The SMILES string of the molecule is CN(NC=C1CCC(c2cccc(O)c2)O1)C1CC(=O)N(c2ccc(CCO)cc2)C(=O)N1. The van der Waals surface area contributed by atoms with Crippen molar-refractivity contribution in [2.75, 3.05) is 18.6 Å². The van der Waals surface area contributed by atoms with Crippen molar-refractivity contribution in [1.82, 2.24) is 15.8 Å². The molecule has 3 amide bonds. The van der Waals surface area contributed by atoms with Crippen LogP contribution in [0.25, 0.3) is 0 Å². The number of hydrazine groups is 1. The smallest absolute Gasteiger partial charge is 0.330 e. The van der Waals surface area contributed by atoms with E-state index >= 15 is 0 Å². The van der Waals surface area contributed by atoms with Gasteiger partial charge in [0.15, 0.2) is 0 Å². The summed E-state index contributed by atoms with van der Waals surface area (Å²) < 4.78 is 5.97. The molecule has 0 aromatic heterocycles. The van der Waals surface area contributed by atoms with Gasteiger partial charge in [0.05, 0.1) is 18.3 Å². The maximum absolute atomic E-state index is 12.7. The fourth-order valence-electron chi connectivity index (χ4n) is 3.97. The molecule has 2 aromatic carbocycles. The van der Waals surface area contributed by atoms with Crippen LogP contribution in [0.15, 0.2) is 60.5 Å². The van der Waals surface area contributed by atoms with Crippen molar-refractivity contribution in [1.29, 1.82) is 0 Å². The van der Waals surface area contributed by atoms with Crippen molar-refractivity contribution in [3.05, 3.63) is 71.6 Å². The largest absolute Gasteiger partial charge is 0.508 e. The number of urea groups is 1. The highest BCUT2D eigenvalue weighted by Gasteiger charge is 2.35. The van der Waals surface area contributed by atoms with E-state index in [9.17, 15) is 14.7 Å². The Kier molecular flexibility index (Phi) is 6.81. The second kappa shape index (κ2) is 9.93. The monoisotopic (exact) mass is 452 g/mol. The van der Waals surface area contributed by atoms with E-state index in [0.29, 0.717) is 12.1 Å². The number of amides is 3. The number of phenols is 1. The van der Waals surface area contributed by atoms with E-state index < -0.39 is 12.2 Å². The van der Waals surface area contributed by atoms with Crippen molar-refractivity contribution >= 4 is 17.6 Å². The highest BCUT2D eigenvalue weighted by atomic mass is 16.5. The van der Waals surface area contributed by atoms with E-state index in [1.165, 1.54) is 0 Å². The molecule has 4 N–H and O–H groups in total. The minimum absolute atomic E-state index is 0.0429. The van der Waals surface area contributed by atoms with Gasteiger partial charge in [-0.1, -0.05) is 24.3 Å². The molecule has 0 spiro atoms. The molecular formula is C24H28N4O5. The van der Waals surface area contributed by atoms with E-state index in [2.05, 4.69) is 10.7 Å². The first-order valence-electron chi connectivity index (χ1n) is 10.9. The molecule has 2 aliphatic heterocycles. The molecule has 0 saturated carbocycles. The Morgan fingerprint density at radius 3 is 2.73 bits per heavy atom. The Hall–Kier alpha value is -3.56. The number of aliphatic hydroxyl groups excluding tert-OH is 1. The van der Waals surface area contributed by atoms with Crippen LogP contribution < -0.4 is 15.6 Å². The first-order valence-corrected chi connectivity index (χ1v) is 10.9. The fourth-order valence-corrected chi connectivity index (χ4v) is 3.97. The topological polar surface area (TPSA) is 114 Å². The zero-order valence-electron chi connectivity index (χ0n) is 18.4. The molecule has 9 nitrogen and oxygen atoms in total. The molecule has 0 aliphatic carbocycles. The molecular weight excluding hydrogens is 424 g/mol. The maximum atomic E-state index is 12.7. The van der Waals surface area contributed by atoms with Crippen LogP contribution in [0.3, 0.4) is 0 Å². The minimum Gasteiger partial charge on any atom is -0.508 e. The van der Waals surface area contributed by atoms with Crippen LogP contribution in [0, 0.1) is 0 Å². The third-order valence-corrected chi connectivity index (χ3v) is 5.79. The van der Waals surface area contributed by atoms with Crippen LogP contribution in [0.1, 0.15) is 36.5 Å². The molecule has 4 rings (SSSR count). The highest BCUT2D eigenvalue weighted by molar-refractivity contribution is 6.16. The Balaban J connectivity index is 1.33. The minimum atomic E-state index is -0.518. The quantitative estimate of drug-likeness (QED) is 0.477. The zero-order valence-corrected chi connectivity index (χ0v) is 18.4. The van der Waals surface area contributed by atoms with Crippen LogP contribution in [0.5, 0.6) is 5.75 Å². The molecule has 0 radical (unpaired) electrons. The predicted octanol–water partition coefficient (Wildman–Crippen LogP) is 2.53. The molecule has 2 fully saturated rings. The number of allylic oxidation sites excluding steroid dienone is 1. The summed E-state index contributed by atoms with van der Waals surface area (Å²) in [5, 5.41) is 23.2. The van der Waals surface area contributed by atoms with Gasteiger partial charge in [-0.2, -0.15) is 0 Å². The highest BCUT2D eigenvalue weighted by Crippen LogP contribution is 2.35. The number of hydrogen-bond donors (Lipinski definition) is 4. The lowest BCUT2D eigenvalue weighted by Crippen LogP contribution is -2.61. The van der Waals surface area contributed by atoms with Gasteiger partial charge in [0.2, 0.25) is 5.91 Å². The van der Waals surface area contributed by atoms with Crippen molar-refractivity contribution in [2.45, 2.75) is 38.0 Å². The molecule has 2 aromatic rings. The summed E-state index contributed by atoms with van der Waals surface area (Å²) in [6, 6.07) is 13.5. The van der Waals surface area contributed by atoms with E-state index in [1.54, 1.807) is 60.7 Å². The summed E-state index contributed by atoms with van der Waals surface area (Å²) >= 11 is 0. The number of nitrogens with one attached hydrogen (secondary N) is 2. The number of hydrogen-bond acceptors (Lipinski definition) is 7. The van der Waals surface area contributed by atoms with Crippen molar-refractivity contribution in [3.8, 4) is 5.75 Å². The normalized spacial score (nSPS) is 21.9. The first-order chi connectivity index (χ1) is 15.9. The summed E-state index contributed by atoms with van der Waals surface area (Å²) in [5.74, 6) is 0.661. The number of benzene rings is 2. The van der Waals surface area contributed by atoms with Crippen LogP contribution >= 0.6 is 0 Å². The molecule has 0 bridgehead atoms. The summed E-state index contributed by atoms with van der Waals surface area (Å²) in [6.45, 7) is 0.0429. The number of anilines is 1. The van der Waals surface area contributed by atoms with Gasteiger partial charge in [-0.15, -0.1) is 0 Å². The van der Waals surface area contributed by atoms with E-state index in [4.69, 9.17) is 9.84 Å². The van der Waals surface area contributed by atoms with Crippen molar-refractivity contribution in [3.63, 3.8) is 0 Å². The van der Waals surface area contributed by atoms with E-state index in [1.807, 2.05) is 6.07 Å². The van der Waals surface area contributed by atoms with Crippen molar-refractivity contribution in [2.24, 2.45) is 0 Å². The van der Waals surface area contributed by atoms with Gasteiger partial charge < -0.3 is 25.7 Å². The average molecular weight is 453 g/mol. The van der Waals surface area contributed by atoms with Crippen LogP contribution in [0.2, 0.25) is 0 Å². The Bertz CT molecular complexity index is 1020. The zero-order chi connectivity index (χ0) is 23.4. The molecule has 9 heteroatoms. The number of aromatic hydroxyl groups is 1. The average Bonchev–Trinajstić information content (AvgIpc) is 3.27. The van der Waals surface area contributed by atoms with Crippen LogP contribution in [0.4, 0.5) is 10.5 Å². The molecule has 33 heavy (non-hydrogen) atoms. The van der Waals surface area contributed by atoms with E-state index in [0.717, 1.165) is 34.6 Å². The molecule has 2 unspecified atom stereocenters. The number of ether oxygens (including phenoxy) is 1. The maximum Gasteiger partial charge on any atom is 0.330 e. The van der Waals surface area contributed by atoms with Gasteiger partial charge >= 0.3 is 6.03 Å². The first kappa shape index (κ1) is 22.6. The number of rotatable bonds is 7. The van der Waals surface area contributed by atoms with Gasteiger partial charge in [0.25, 0.3) is 0 Å². The lowest BCUT2D eigenvalue weighted by atomic mass is 10.1. The number of aliphatic hydroxyl groups is 1. The Morgan fingerprint density at radius 2 is 2.03 bits per heavy atom. The van der Waals surface area contributed by atoms with Gasteiger partial charge in [-0.05, 0) is 48.2 Å². The molecule has 2 heterocycles. The number of phenolic OH excluding ortho intramolecular Hbond substituents is 1. The standard InChI is InChI=1S/C24H28N4O5/c1-27(25-15-20-9-10-21(33-20)17-3-2-4-19(30)13-17)22-14-23(31)28(24(32)26-22)18-7-5-16(6-8-18)11-12-29/h2-8,13,15,21-22,25,29-30H,9-12,14H2,1H3,(H,26,32). The van der Waals surface area contributed by atoms with Gasteiger partial charge in [0, 0.05) is 20.1 Å². The molecule has 2 aliphatic rings. The number of carbonyl (C=O) groups excluding carboxylic acids is 2. The Morgan fingerprint density at radius 1 is 1.24 bits per heavy atom. The number of carbonyl (C=O) groups is 2. The second-order valence-corrected chi connectivity index (χ2v) is 8.13. The Labute approximate surface area is 192 Å². The number of nitrogens with zero attached hydrogens (tertiary/aromatic N) is 2. The summed E-state index contributed by atoms with van der Waals surface area (Å²) in [5.41, 5.74) is 5.43. The molecule has 2 atom stereocenters. The van der Waals surface area contributed by atoms with Crippen LogP contribution in [-0.2, 0) is 16.0 Å². The molecule has 2 saturated heterocycles. The van der Waals surface area contributed by atoms with E-state index in [-0.39, 0.29) is 30.8 Å². The third-order valence-electron chi connectivity index (χ3n) is 5.79.